The number of nitrogens with two attached hydrogens (primary N) is 1. The van der Waals surface area contributed by atoms with Crippen molar-refractivity contribution in [3.05, 3.63) is 0 Å². The summed E-state index contributed by atoms with van der Waals surface area (Å²) in [5.41, 5.74) is 4.10. The number of hydrogen-bond donors (Lipinski definition) is 3. The summed E-state index contributed by atoms with van der Waals surface area (Å²) in [5, 5.41) is 17.9. The smallest absolute Gasteiger partial charge is 1.00 e. The predicted octanol–water partition coefficient (Wildman–Crippen LogP) is -4.19. The normalized spacial score (nSPS) is 15.7. The third-order valence-corrected chi connectivity index (χ3v) is 1.59. The molecule has 7 heteroatoms. The Morgan fingerprint density at radius 3 is 2.50 bits per heavy atom. The number of ether oxygens (including phenoxy) is 1. The van der Waals surface area contributed by atoms with Gasteiger partial charge in [0.2, 0.25) is 0 Å². The van der Waals surface area contributed by atoms with Crippen molar-refractivity contribution in [2.75, 3.05) is 19.8 Å². The maximum atomic E-state index is 10.2. The molecule has 2 unspecified atom stereocenters. The summed E-state index contributed by atoms with van der Waals surface area (Å²) in [6, 6.07) is 0. The van der Waals surface area contributed by atoms with Crippen LogP contribution in [0.4, 0.5) is 0 Å². The summed E-state index contributed by atoms with van der Waals surface area (Å²) in [6.07, 6.45) is -1.11. The predicted molar refractivity (Wildman–Crippen MR) is 50.9 cm³/mol. The standard InChI is InChI=1S/C7H15NO4.ClH.Na.H/c1-2-12-5-7(8,4-10)6(11)3-9;;;/h3,6,10-11H,2,4-5,8H2,1H3;1H;;/q;;+1;-1. The first-order valence-corrected chi connectivity index (χ1v) is 3.71. The summed E-state index contributed by atoms with van der Waals surface area (Å²) in [7, 11) is 0. The third kappa shape index (κ3) is 6.31. The van der Waals surface area contributed by atoms with E-state index in [4.69, 9.17) is 20.7 Å². The Hall–Kier alpha value is 0.800. The van der Waals surface area contributed by atoms with Crippen molar-refractivity contribution in [2.45, 2.75) is 18.6 Å². The average molecular weight is 238 g/mol. The molecule has 0 aromatic carbocycles. The van der Waals surface area contributed by atoms with Crippen LogP contribution in [0, 0.1) is 0 Å². The van der Waals surface area contributed by atoms with Crippen LogP contribution >= 0.6 is 12.4 Å². The van der Waals surface area contributed by atoms with Crippen LogP contribution in [0.5, 0.6) is 0 Å². The van der Waals surface area contributed by atoms with Crippen molar-refractivity contribution in [3.63, 3.8) is 0 Å². The third-order valence-electron chi connectivity index (χ3n) is 1.59. The van der Waals surface area contributed by atoms with E-state index in [9.17, 15) is 4.79 Å². The molecular formula is C7H17ClNNaO4. The molecular weight excluding hydrogens is 221 g/mol. The number of carbonyl (C=O) groups excluding carboxylic acids is 1. The van der Waals surface area contributed by atoms with Gasteiger partial charge in [0.1, 0.15) is 6.10 Å². The summed E-state index contributed by atoms with van der Waals surface area (Å²) >= 11 is 0. The van der Waals surface area contributed by atoms with Crippen molar-refractivity contribution in [1.82, 2.24) is 0 Å². The largest absolute Gasteiger partial charge is 1.00 e. The first kappa shape index (κ1) is 20.2. The molecule has 0 amide bonds. The van der Waals surface area contributed by atoms with Gasteiger partial charge < -0.3 is 26.9 Å². The van der Waals surface area contributed by atoms with Gasteiger partial charge in [0.05, 0.1) is 18.8 Å². The van der Waals surface area contributed by atoms with Crippen LogP contribution in [0.15, 0.2) is 0 Å². The van der Waals surface area contributed by atoms with E-state index >= 15 is 0 Å². The van der Waals surface area contributed by atoms with E-state index in [1.54, 1.807) is 6.92 Å². The zero-order chi connectivity index (χ0) is 9.61. The molecule has 0 aliphatic rings. The van der Waals surface area contributed by atoms with E-state index in [2.05, 4.69) is 0 Å². The molecule has 5 nitrogen and oxygen atoms in total. The minimum Gasteiger partial charge on any atom is -1.00 e. The van der Waals surface area contributed by atoms with Gasteiger partial charge in [-0.2, -0.15) is 0 Å². The van der Waals surface area contributed by atoms with Crippen LogP contribution in [0.1, 0.15) is 8.35 Å². The summed E-state index contributed by atoms with van der Waals surface area (Å²) in [4.78, 5) is 10.2. The van der Waals surface area contributed by atoms with Gasteiger partial charge in [-0.25, -0.2) is 0 Å². The van der Waals surface area contributed by atoms with Crippen LogP contribution in [-0.2, 0) is 9.53 Å². The summed E-state index contributed by atoms with van der Waals surface area (Å²) in [6.45, 7) is 1.64. The van der Waals surface area contributed by atoms with Crippen molar-refractivity contribution in [1.29, 1.82) is 0 Å². The first-order chi connectivity index (χ1) is 5.60. The van der Waals surface area contributed by atoms with Gasteiger partial charge in [0.15, 0.2) is 6.29 Å². The van der Waals surface area contributed by atoms with Gasteiger partial charge >= 0.3 is 29.6 Å². The second-order valence-electron chi connectivity index (χ2n) is 2.61. The van der Waals surface area contributed by atoms with E-state index in [1.165, 1.54) is 0 Å². The molecule has 0 heterocycles. The second kappa shape index (κ2) is 10.3. The Kier molecular flexibility index (Phi) is 14.9. The number of hydrogen-bond acceptors (Lipinski definition) is 5. The average Bonchev–Trinajstić information content (AvgIpc) is 2.12. The van der Waals surface area contributed by atoms with Gasteiger partial charge in [-0.15, -0.1) is 12.4 Å². The minimum absolute atomic E-state index is 0. The van der Waals surface area contributed by atoms with Crippen molar-refractivity contribution >= 4 is 18.7 Å². The molecule has 0 aromatic rings. The molecule has 0 spiro atoms. The number of aldehydes is 1. The van der Waals surface area contributed by atoms with Crippen molar-refractivity contribution in [2.24, 2.45) is 5.73 Å². The molecule has 0 bridgehead atoms. The monoisotopic (exact) mass is 237 g/mol. The summed E-state index contributed by atoms with van der Waals surface area (Å²) < 4.78 is 4.91. The molecule has 0 rings (SSSR count). The Labute approximate surface area is 113 Å². The fourth-order valence-corrected chi connectivity index (χ4v) is 0.652. The van der Waals surface area contributed by atoms with E-state index in [-0.39, 0.29) is 56.3 Å². The number of aliphatic hydroxyl groups is 2. The maximum Gasteiger partial charge on any atom is 1.00 e. The second-order valence-corrected chi connectivity index (χ2v) is 2.61. The molecule has 14 heavy (non-hydrogen) atoms. The van der Waals surface area contributed by atoms with Crippen LogP contribution in [0.25, 0.3) is 0 Å². The zero-order valence-corrected chi connectivity index (χ0v) is 11.3. The number of carbonyl (C=O) groups is 1. The molecule has 0 aliphatic heterocycles. The Bertz CT molecular complexity index is 157. The van der Waals surface area contributed by atoms with E-state index in [1.807, 2.05) is 0 Å². The van der Waals surface area contributed by atoms with Crippen LogP contribution in [0.2, 0.25) is 0 Å². The summed E-state index contributed by atoms with van der Waals surface area (Å²) in [5.74, 6) is 0. The quantitative estimate of drug-likeness (QED) is 0.322. The Morgan fingerprint density at radius 1 is 1.71 bits per heavy atom. The van der Waals surface area contributed by atoms with E-state index < -0.39 is 18.2 Å². The van der Waals surface area contributed by atoms with Crippen LogP contribution in [-0.4, -0.2) is 48.0 Å². The molecule has 0 aromatic heterocycles. The molecule has 82 valence electrons. The SMILES string of the molecule is CCOCC(N)(CO)C(O)C=O.Cl.[H-].[Na+]. The Morgan fingerprint density at radius 2 is 2.21 bits per heavy atom. The first-order valence-electron chi connectivity index (χ1n) is 3.71. The maximum absolute atomic E-state index is 10.2. The van der Waals surface area contributed by atoms with Gasteiger partial charge in [-0.3, -0.25) is 0 Å². The number of aliphatic hydroxyl groups excluding tert-OH is 2. The van der Waals surface area contributed by atoms with E-state index in [0.29, 0.717) is 6.61 Å². The Balaban J connectivity index is -0.000000202. The molecule has 0 fully saturated rings. The fraction of sp³-hybridized carbons (Fsp3) is 0.857. The van der Waals surface area contributed by atoms with Crippen LogP contribution < -0.4 is 35.3 Å². The van der Waals surface area contributed by atoms with Gasteiger partial charge in [0, 0.05) is 6.61 Å². The molecule has 0 aliphatic carbocycles. The molecule has 4 N–H and O–H groups in total. The van der Waals surface area contributed by atoms with Crippen LogP contribution in [0.3, 0.4) is 0 Å². The number of rotatable bonds is 6. The molecule has 0 saturated carbocycles. The van der Waals surface area contributed by atoms with Gasteiger partial charge in [0.25, 0.3) is 0 Å². The van der Waals surface area contributed by atoms with E-state index in [0.717, 1.165) is 0 Å². The fourth-order valence-electron chi connectivity index (χ4n) is 0.652. The number of halogens is 1. The van der Waals surface area contributed by atoms with Gasteiger partial charge in [-0.05, 0) is 6.92 Å². The molecule has 0 saturated heterocycles. The zero-order valence-electron chi connectivity index (χ0n) is 9.47. The van der Waals surface area contributed by atoms with Crippen molar-refractivity contribution in [3.8, 4) is 0 Å². The minimum atomic E-state index is -1.39. The van der Waals surface area contributed by atoms with Crippen molar-refractivity contribution < 1.29 is 50.7 Å². The topological polar surface area (TPSA) is 92.8 Å². The van der Waals surface area contributed by atoms with Gasteiger partial charge in [-0.1, -0.05) is 0 Å². The molecule has 0 radical (unpaired) electrons. The molecule has 2 atom stereocenters.